The third-order valence-corrected chi connectivity index (χ3v) is 5.27. The van der Waals surface area contributed by atoms with Gasteiger partial charge in [-0.1, -0.05) is 57.8 Å². The van der Waals surface area contributed by atoms with Crippen molar-refractivity contribution in [3.05, 3.63) is 22.8 Å². The molecular weight excluding hydrogens is 272 g/mol. The predicted molar refractivity (Wildman–Crippen MR) is 92.8 cm³/mol. The lowest BCUT2D eigenvalue weighted by Gasteiger charge is -2.21. The molecule has 0 aromatic heterocycles. The topological polar surface area (TPSA) is 40.5 Å². The van der Waals surface area contributed by atoms with Gasteiger partial charge in [-0.3, -0.25) is 0 Å². The Bertz CT molecular complexity index is 467. The molecule has 1 fully saturated rings. The van der Waals surface area contributed by atoms with Gasteiger partial charge in [0.2, 0.25) is 0 Å². The van der Waals surface area contributed by atoms with Crippen molar-refractivity contribution >= 4 is 0 Å². The predicted octanol–water partition coefficient (Wildman–Crippen LogP) is 6.10. The minimum Gasteiger partial charge on any atom is -0.507 e. The van der Waals surface area contributed by atoms with E-state index in [0.29, 0.717) is 17.2 Å². The molecular formula is C20H32O2. The number of phenolic OH excluding ortho intramolecular Hbond substituents is 2. The van der Waals surface area contributed by atoms with E-state index in [1.54, 1.807) is 0 Å². The molecule has 22 heavy (non-hydrogen) atoms. The fourth-order valence-electron chi connectivity index (χ4n) is 3.78. The minimum atomic E-state index is 0.245. The standard InChI is InChI=1S/C20H32O2/c1-15-14-18(20(22)16(2)19(15)21)17-12-10-8-6-4-3-5-7-9-11-13-17/h14,17,21-22H,3-13H2,1-2H3. The Morgan fingerprint density at radius 2 is 1.18 bits per heavy atom. The van der Waals surface area contributed by atoms with Crippen molar-refractivity contribution < 1.29 is 10.2 Å². The summed E-state index contributed by atoms with van der Waals surface area (Å²) in [6.07, 6.45) is 14.3. The van der Waals surface area contributed by atoms with E-state index in [1.165, 1.54) is 57.8 Å². The summed E-state index contributed by atoms with van der Waals surface area (Å²) in [5, 5.41) is 20.5. The van der Waals surface area contributed by atoms with Crippen molar-refractivity contribution in [3.8, 4) is 11.5 Å². The number of rotatable bonds is 1. The van der Waals surface area contributed by atoms with Gasteiger partial charge >= 0.3 is 0 Å². The zero-order valence-electron chi connectivity index (χ0n) is 14.3. The highest BCUT2D eigenvalue weighted by Crippen LogP contribution is 2.40. The molecule has 0 amide bonds. The number of hydrogen-bond acceptors (Lipinski definition) is 2. The molecule has 2 N–H and O–H groups in total. The smallest absolute Gasteiger partial charge is 0.125 e. The first-order valence-electron chi connectivity index (χ1n) is 9.13. The van der Waals surface area contributed by atoms with Gasteiger partial charge in [-0.25, -0.2) is 0 Å². The Labute approximate surface area is 135 Å². The number of benzene rings is 1. The summed E-state index contributed by atoms with van der Waals surface area (Å²) >= 11 is 0. The summed E-state index contributed by atoms with van der Waals surface area (Å²) < 4.78 is 0. The summed E-state index contributed by atoms with van der Waals surface area (Å²) in [5.74, 6) is 1.01. The summed E-state index contributed by atoms with van der Waals surface area (Å²) in [7, 11) is 0. The largest absolute Gasteiger partial charge is 0.507 e. The van der Waals surface area contributed by atoms with Crippen LogP contribution in [0.4, 0.5) is 0 Å². The van der Waals surface area contributed by atoms with E-state index < -0.39 is 0 Å². The summed E-state index contributed by atoms with van der Waals surface area (Å²) in [4.78, 5) is 0. The zero-order chi connectivity index (χ0) is 15.9. The Morgan fingerprint density at radius 3 is 1.68 bits per heavy atom. The van der Waals surface area contributed by atoms with Crippen LogP contribution in [0.3, 0.4) is 0 Å². The first kappa shape index (κ1) is 17.2. The minimum absolute atomic E-state index is 0.245. The number of aryl methyl sites for hydroxylation is 1. The van der Waals surface area contributed by atoms with Gasteiger partial charge in [-0.05, 0) is 49.8 Å². The van der Waals surface area contributed by atoms with Crippen LogP contribution in [0.25, 0.3) is 0 Å². The Morgan fingerprint density at radius 1 is 0.727 bits per heavy atom. The average molecular weight is 304 g/mol. The molecule has 0 bridgehead atoms. The van der Waals surface area contributed by atoms with Gasteiger partial charge in [0.25, 0.3) is 0 Å². The van der Waals surface area contributed by atoms with Crippen LogP contribution in [0.15, 0.2) is 6.07 Å². The zero-order valence-corrected chi connectivity index (χ0v) is 14.3. The molecule has 1 saturated carbocycles. The SMILES string of the molecule is Cc1cc(C2CCCCCCCCCCC2)c(O)c(C)c1O. The van der Waals surface area contributed by atoms with E-state index in [1.807, 2.05) is 19.9 Å². The molecule has 0 saturated heterocycles. The second kappa shape index (κ2) is 8.45. The van der Waals surface area contributed by atoms with Gasteiger partial charge in [0, 0.05) is 5.56 Å². The molecule has 124 valence electrons. The van der Waals surface area contributed by atoms with Gasteiger partial charge < -0.3 is 10.2 Å². The van der Waals surface area contributed by atoms with E-state index in [2.05, 4.69) is 0 Å². The second-order valence-electron chi connectivity index (χ2n) is 7.06. The van der Waals surface area contributed by atoms with E-state index in [4.69, 9.17) is 0 Å². The van der Waals surface area contributed by atoms with Crippen LogP contribution in [-0.2, 0) is 0 Å². The molecule has 0 heterocycles. The molecule has 1 aromatic rings. The lowest BCUT2D eigenvalue weighted by Crippen LogP contribution is -2.03. The lowest BCUT2D eigenvalue weighted by molar-refractivity contribution is 0.417. The second-order valence-corrected chi connectivity index (χ2v) is 7.06. The maximum absolute atomic E-state index is 10.5. The Hall–Kier alpha value is -1.18. The maximum atomic E-state index is 10.5. The van der Waals surface area contributed by atoms with Gasteiger partial charge in [-0.2, -0.15) is 0 Å². The molecule has 2 nitrogen and oxygen atoms in total. The van der Waals surface area contributed by atoms with E-state index in [-0.39, 0.29) is 5.75 Å². The molecule has 0 aliphatic heterocycles. The van der Waals surface area contributed by atoms with Crippen molar-refractivity contribution in [1.82, 2.24) is 0 Å². The van der Waals surface area contributed by atoms with Crippen LogP contribution in [0.1, 0.15) is 93.2 Å². The number of phenols is 2. The van der Waals surface area contributed by atoms with Crippen LogP contribution in [-0.4, -0.2) is 10.2 Å². The summed E-state index contributed by atoms with van der Waals surface area (Å²) in [6, 6.07) is 2.01. The molecule has 2 heteroatoms. The van der Waals surface area contributed by atoms with Gasteiger partial charge in [-0.15, -0.1) is 0 Å². The van der Waals surface area contributed by atoms with E-state index in [0.717, 1.165) is 24.0 Å². The highest BCUT2D eigenvalue weighted by atomic mass is 16.3. The Kier molecular flexibility index (Phi) is 6.60. The fraction of sp³-hybridized carbons (Fsp3) is 0.700. The van der Waals surface area contributed by atoms with Crippen LogP contribution in [0.5, 0.6) is 11.5 Å². The maximum Gasteiger partial charge on any atom is 0.125 e. The van der Waals surface area contributed by atoms with Crippen LogP contribution in [0.2, 0.25) is 0 Å². The summed E-state index contributed by atoms with van der Waals surface area (Å²) in [6.45, 7) is 3.75. The van der Waals surface area contributed by atoms with Crippen LogP contribution >= 0.6 is 0 Å². The average Bonchev–Trinajstić information content (AvgIpc) is 2.50. The van der Waals surface area contributed by atoms with Crippen molar-refractivity contribution in [2.45, 2.75) is 90.4 Å². The quantitative estimate of drug-likeness (QED) is 0.657. The van der Waals surface area contributed by atoms with Gasteiger partial charge in [0.05, 0.1) is 0 Å². The van der Waals surface area contributed by atoms with Crippen molar-refractivity contribution in [2.75, 3.05) is 0 Å². The molecule has 2 rings (SSSR count). The summed E-state index contributed by atoms with van der Waals surface area (Å²) in [5.41, 5.74) is 2.59. The van der Waals surface area contributed by atoms with E-state index in [9.17, 15) is 10.2 Å². The van der Waals surface area contributed by atoms with Crippen molar-refractivity contribution in [2.24, 2.45) is 0 Å². The third-order valence-electron chi connectivity index (χ3n) is 5.27. The molecule has 0 atom stereocenters. The highest BCUT2D eigenvalue weighted by Gasteiger charge is 2.19. The number of hydrogen-bond donors (Lipinski definition) is 2. The highest BCUT2D eigenvalue weighted by molar-refractivity contribution is 5.53. The monoisotopic (exact) mass is 304 g/mol. The molecule has 1 aromatic carbocycles. The molecule has 0 radical (unpaired) electrons. The lowest BCUT2D eigenvalue weighted by atomic mass is 9.85. The normalized spacial score (nSPS) is 19.4. The fourth-order valence-corrected chi connectivity index (χ4v) is 3.78. The van der Waals surface area contributed by atoms with E-state index >= 15 is 0 Å². The first-order chi connectivity index (χ1) is 10.6. The molecule has 0 unspecified atom stereocenters. The van der Waals surface area contributed by atoms with Crippen molar-refractivity contribution in [3.63, 3.8) is 0 Å². The third kappa shape index (κ3) is 4.41. The first-order valence-corrected chi connectivity index (χ1v) is 9.13. The molecule has 1 aliphatic rings. The Balaban J connectivity index is 2.15. The van der Waals surface area contributed by atoms with Crippen LogP contribution in [0, 0.1) is 13.8 Å². The van der Waals surface area contributed by atoms with Gasteiger partial charge in [0.15, 0.2) is 0 Å². The van der Waals surface area contributed by atoms with Crippen LogP contribution < -0.4 is 0 Å². The number of aromatic hydroxyl groups is 2. The van der Waals surface area contributed by atoms with Gasteiger partial charge in [0.1, 0.15) is 11.5 Å². The molecule has 1 aliphatic carbocycles. The van der Waals surface area contributed by atoms with Crippen molar-refractivity contribution in [1.29, 1.82) is 0 Å². The molecule has 0 spiro atoms.